The highest BCUT2D eigenvalue weighted by Gasteiger charge is 1.97. The Kier molecular flexibility index (Phi) is 5.58. The molecule has 0 radical (unpaired) electrons. The van der Waals surface area contributed by atoms with Crippen LogP contribution in [-0.4, -0.2) is 16.8 Å². The van der Waals surface area contributed by atoms with Gasteiger partial charge in [-0.2, -0.15) is 0 Å². The van der Waals surface area contributed by atoms with Gasteiger partial charge in [-0.25, -0.2) is 0 Å². The molecule has 0 unspecified atom stereocenters. The number of carbonyl (C=O) groups is 1. The number of benzene rings is 1. The molecule has 0 aliphatic carbocycles. The number of halogens is 1. The first-order chi connectivity index (χ1) is 7.18. The summed E-state index contributed by atoms with van der Waals surface area (Å²) < 4.78 is 0. The molecule has 0 spiro atoms. The first-order valence-corrected chi connectivity index (χ1v) is 6.15. The lowest BCUT2D eigenvalue weighted by atomic mass is 10.2. The van der Waals surface area contributed by atoms with Crippen LogP contribution in [0, 0.1) is 0 Å². The van der Waals surface area contributed by atoms with Gasteiger partial charge in [0, 0.05) is 16.3 Å². The Morgan fingerprint density at radius 1 is 1.27 bits per heavy atom. The Morgan fingerprint density at radius 2 is 1.93 bits per heavy atom. The highest BCUT2D eigenvalue weighted by molar-refractivity contribution is 7.99. The number of carboxylic acid groups (broad SMARTS) is 1. The Hall–Kier alpha value is -0.670. The van der Waals surface area contributed by atoms with Crippen LogP contribution >= 0.6 is 23.4 Å². The van der Waals surface area contributed by atoms with Crippen LogP contribution < -0.4 is 0 Å². The van der Waals surface area contributed by atoms with E-state index in [0.29, 0.717) is 0 Å². The summed E-state index contributed by atoms with van der Waals surface area (Å²) in [5.41, 5.74) is 0. The summed E-state index contributed by atoms with van der Waals surface area (Å²) >= 11 is 7.48. The van der Waals surface area contributed by atoms with E-state index in [1.165, 1.54) is 4.90 Å². The van der Waals surface area contributed by atoms with Crippen molar-refractivity contribution in [2.24, 2.45) is 0 Å². The van der Waals surface area contributed by atoms with Gasteiger partial charge < -0.3 is 5.11 Å². The highest BCUT2D eigenvalue weighted by Crippen LogP contribution is 2.21. The largest absolute Gasteiger partial charge is 0.481 e. The van der Waals surface area contributed by atoms with Crippen LogP contribution in [0.1, 0.15) is 19.3 Å². The molecular formula is C11H13ClO2S. The molecule has 0 aliphatic heterocycles. The number of aliphatic carboxylic acids is 1. The van der Waals surface area contributed by atoms with E-state index >= 15 is 0 Å². The van der Waals surface area contributed by atoms with Crippen LogP contribution in [0.25, 0.3) is 0 Å². The Labute approximate surface area is 98.6 Å². The van der Waals surface area contributed by atoms with E-state index < -0.39 is 5.97 Å². The molecule has 0 atom stereocenters. The van der Waals surface area contributed by atoms with Crippen molar-refractivity contribution in [2.45, 2.75) is 24.2 Å². The van der Waals surface area contributed by atoms with Crippen LogP contribution in [-0.2, 0) is 4.79 Å². The fourth-order valence-corrected chi connectivity index (χ4v) is 2.14. The molecule has 0 saturated heterocycles. The lowest BCUT2D eigenvalue weighted by Crippen LogP contribution is -1.94. The van der Waals surface area contributed by atoms with Crippen molar-refractivity contribution in [2.75, 3.05) is 5.75 Å². The minimum atomic E-state index is -0.716. The average Bonchev–Trinajstić information content (AvgIpc) is 2.20. The maximum atomic E-state index is 10.2. The molecule has 1 aromatic carbocycles. The summed E-state index contributed by atoms with van der Waals surface area (Å²) in [5, 5.41) is 9.18. The van der Waals surface area contributed by atoms with E-state index in [2.05, 4.69) is 0 Å². The predicted octanol–water partition coefficient (Wildman–Crippen LogP) is 3.69. The molecule has 4 heteroatoms. The minimum Gasteiger partial charge on any atom is -0.481 e. The third kappa shape index (κ3) is 5.70. The second-order valence-electron chi connectivity index (χ2n) is 3.15. The maximum absolute atomic E-state index is 10.2. The highest BCUT2D eigenvalue weighted by atomic mass is 35.5. The monoisotopic (exact) mass is 244 g/mol. The van der Waals surface area contributed by atoms with E-state index in [0.717, 1.165) is 23.6 Å². The zero-order chi connectivity index (χ0) is 11.1. The Balaban J connectivity index is 2.15. The van der Waals surface area contributed by atoms with E-state index in [4.69, 9.17) is 16.7 Å². The van der Waals surface area contributed by atoms with Gasteiger partial charge in [-0.3, -0.25) is 4.79 Å². The van der Waals surface area contributed by atoms with Gasteiger partial charge in [0.05, 0.1) is 0 Å². The van der Waals surface area contributed by atoms with Gasteiger partial charge in [0.15, 0.2) is 0 Å². The number of unbranched alkanes of at least 4 members (excludes halogenated alkanes) is 1. The molecule has 82 valence electrons. The van der Waals surface area contributed by atoms with Crippen molar-refractivity contribution in [3.8, 4) is 0 Å². The molecule has 15 heavy (non-hydrogen) atoms. The van der Waals surface area contributed by atoms with Crippen LogP contribution in [0.5, 0.6) is 0 Å². The standard InChI is InChI=1S/C11H13ClO2S/c12-9-4-6-10(7-5-9)15-8-2-1-3-11(13)14/h4-7H,1-3,8H2,(H,13,14). The van der Waals surface area contributed by atoms with Crippen LogP contribution in [0.3, 0.4) is 0 Å². The maximum Gasteiger partial charge on any atom is 0.303 e. The summed E-state index contributed by atoms with van der Waals surface area (Å²) in [5.74, 6) is 0.237. The average molecular weight is 245 g/mol. The second-order valence-corrected chi connectivity index (χ2v) is 4.76. The first-order valence-electron chi connectivity index (χ1n) is 4.78. The molecule has 1 rings (SSSR count). The van der Waals surface area contributed by atoms with Crippen molar-refractivity contribution < 1.29 is 9.90 Å². The third-order valence-corrected chi connectivity index (χ3v) is 3.22. The number of rotatable bonds is 6. The van der Waals surface area contributed by atoms with Crippen LogP contribution in [0.2, 0.25) is 5.02 Å². The van der Waals surface area contributed by atoms with Crippen molar-refractivity contribution in [1.29, 1.82) is 0 Å². The van der Waals surface area contributed by atoms with E-state index in [-0.39, 0.29) is 6.42 Å². The zero-order valence-corrected chi connectivity index (χ0v) is 9.85. The van der Waals surface area contributed by atoms with Gasteiger partial charge in [-0.15, -0.1) is 11.8 Å². The molecule has 0 aliphatic rings. The van der Waals surface area contributed by atoms with Crippen LogP contribution in [0.15, 0.2) is 29.2 Å². The number of thioether (sulfide) groups is 1. The predicted molar refractivity (Wildman–Crippen MR) is 63.7 cm³/mol. The van der Waals surface area contributed by atoms with Crippen molar-refractivity contribution in [1.82, 2.24) is 0 Å². The number of hydrogen-bond acceptors (Lipinski definition) is 2. The SMILES string of the molecule is O=C(O)CCCCSc1ccc(Cl)cc1. The molecule has 0 aromatic heterocycles. The molecule has 1 aromatic rings. The molecule has 1 N–H and O–H groups in total. The molecule has 0 fully saturated rings. The number of carboxylic acids is 1. The zero-order valence-electron chi connectivity index (χ0n) is 8.28. The summed E-state index contributed by atoms with van der Waals surface area (Å²) in [4.78, 5) is 11.4. The number of hydrogen-bond donors (Lipinski definition) is 1. The van der Waals surface area contributed by atoms with Gasteiger partial charge in [0.25, 0.3) is 0 Å². The minimum absolute atomic E-state index is 0.265. The fraction of sp³-hybridized carbons (Fsp3) is 0.364. The molecule has 0 saturated carbocycles. The molecule has 0 bridgehead atoms. The van der Waals surface area contributed by atoms with Gasteiger partial charge in [0.2, 0.25) is 0 Å². The summed E-state index contributed by atoms with van der Waals surface area (Å²) in [6.45, 7) is 0. The first kappa shape index (κ1) is 12.4. The second kappa shape index (κ2) is 6.75. The fourth-order valence-electron chi connectivity index (χ4n) is 1.10. The summed E-state index contributed by atoms with van der Waals surface area (Å²) in [6.07, 6.45) is 1.94. The summed E-state index contributed by atoms with van der Waals surface area (Å²) in [6, 6.07) is 7.68. The Morgan fingerprint density at radius 3 is 2.53 bits per heavy atom. The van der Waals surface area contributed by atoms with Crippen molar-refractivity contribution in [3.63, 3.8) is 0 Å². The van der Waals surface area contributed by atoms with E-state index in [1.54, 1.807) is 11.8 Å². The molecular weight excluding hydrogens is 232 g/mol. The topological polar surface area (TPSA) is 37.3 Å². The lowest BCUT2D eigenvalue weighted by Gasteiger charge is -2.00. The van der Waals surface area contributed by atoms with Crippen LogP contribution in [0.4, 0.5) is 0 Å². The van der Waals surface area contributed by atoms with E-state index in [1.807, 2.05) is 24.3 Å². The quantitative estimate of drug-likeness (QED) is 0.613. The Bertz CT molecular complexity index is 311. The molecule has 2 nitrogen and oxygen atoms in total. The van der Waals surface area contributed by atoms with E-state index in [9.17, 15) is 4.79 Å². The van der Waals surface area contributed by atoms with Gasteiger partial charge >= 0.3 is 5.97 Å². The van der Waals surface area contributed by atoms with Gasteiger partial charge in [-0.05, 0) is 42.9 Å². The van der Waals surface area contributed by atoms with Gasteiger partial charge in [-0.1, -0.05) is 11.6 Å². The van der Waals surface area contributed by atoms with Crippen molar-refractivity contribution in [3.05, 3.63) is 29.3 Å². The van der Waals surface area contributed by atoms with Gasteiger partial charge in [0.1, 0.15) is 0 Å². The normalized spacial score (nSPS) is 10.2. The van der Waals surface area contributed by atoms with Crippen molar-refractivity contribution >= 4 is 29.3 Å². The lowest BCUT2D eigenvalue weighted by molar-refractivity contribution is -0.137. The smallest absolute Gasteiger partial charge is 0.303 e. The summed E-state index contributed by atoms with van der Waals surface area (Å²) in [7, 11) is 0. The molecule has 0 heterocycles. The third-order valence-electron chi connectivity index (χ3n) is 1.87. The molecule has 0 amide bonds.